The van der Waals surface area contributed by atoms with Gasteiger partial charge >= 0.3 is 0 Å². The van der Waals surface area contributed by atoms with Crippen molar-refractivity contribution in [2.45, 2.75) is 64.8 Å². The Kier molecular flexibility index (Phi) is 4.34. The fraction of sp³-hybridized carbons (Fsp3) is 0.733. The van der Waals surface area contributed by atoms with Gasteiger partial charge in [-0.1, -0.05) is 52.1 Å². The molecule has 1 saturated carbocycles. The Morgan fingerprint density at radius 1 is 1.37 bits per heavy atom. The van der Waals surface area contributed by atoms with Crippen molar-refractivity contribution in [2.75, 3.05) is 5.32 Å². The summed E-state index contributed by atoms with van der Waals surface area (Å²) in [5, 5.41) is 4.04. The minimum atomic E-state index is -0.0838. The molecule has 0 radical (unpaired) electrons. The van der Waals surface area contributed by atoms with E-state index in [0.29, 0.717) is 11.2 Å². The Labute approximate surface area is 121 Å². The molecule has 1 aromatic rings. The van der Waals surface area contributed by atoms with Crippen LogP contribution in [-0.4, -0.2) is 16.0 Å². The van der Waals surface area contributed by atoms with Gasteiger partial charge in [0, 0.05) is 17.5 Å². The zero-order chi connectivity index (χ0) is 14.0. The molecule has 1 atom stereocenters. The molecule has 3 nitrogen and oxygen atoms in total. The highest BCUT2D eigenvalue weighted by Gasteiger charge is 2.25. The summed E-state index contributed by atoms with van der Waals surface area (Å²) in [5.41, 5.74) is -0.0838. The second-order valence-electron chi connectivity index (χ2n) is 6.58. The molecule has 0 bridgehead atoms. The van der Waals surface area contributed by atoms with Crippen LogP contribution in [0.3, 0.4) is 0 Å². The highest BCUT2D eigenvalue weighted by Crippen LogP contribution is 2.35. The van der Waals surface area contributed by atoms with Crippen molar-refractivity contribution in [2.24, 2.45) is 5.92 Å². The quantitative estimate of drug-likeness (QED) is 0.812. The third kappa shape index (κ3) is 4.34. The van der Waals surface area contributed by atoms with Crippen LogP contribution in [0.1, 0.15) is 59.2 Å². The van der Waals surface area contributed by atoms with E-state index in [1.165, 1.54) is 19.3 Å². The van der Waals surface area contributed by atoms with Gasteiger partial charge in [0.1, 0.15) is 16.8 Å². The molecule has 1 aromatic heterocycles. The van der Waals surface area contributed by atoms with Gasteiger partial charge in [0.25, 0.3) is 0 Å². The molecule has 1 fully saturated rings. The SMILES string of the molecule is CCC(CC1CC1)Nc1cc(Cl)nc(C(C)(C)C)n1. The lowest BCUT2D eigenvalue weighted by molar-refractivity contribution is 0.542. The molecular weight excluding hydrogens is 258 g/mol. The fourth-order valence-electron chi connectivity index (χ4n) is 2.12. The van der Waals surface area contributed by atoms with Crippen LogP contribution in [0.4, 0.5) is 5.82 Å². The van der Waals surface area contributed by atoms with E-state index >= 15 is 0 Å². The summed E-state index contributed by atoms with van der Waals surface area (Å²) in [6.07, 6.45) is 5.12. The first-order valence-corrected chi connectivity index (χ1v) is 7.58. The molecule has 1 N–H and O–H groups in total. The standard InChI is InChI=1S/C15H24ClN3/c1-5-11(8-10-6-7-10)17-13-9-12(16)18-14(19-13)15(2,3)4/h9-11H,5-8H2,1-4H3,(H,17,18,19). The van der Waals surface area contributed by atoms with Crippen molar-refractivity contribution >= 4 is 17.4 Å². The molecule has 0 amide bonds. The molecular formula is C15H24ClN3. The molecule has 0 aromatic carbocycles. The molecule has 1 heterocycles. The van der Waals surface area contributed by atoms with Crippen LogP contribution in [-0.2, 0) is 5.41 Å². The summed E-state index contributed by atoms with van der Waals surface area (Å²) in [6, 6.07) is 2.32. The predicted octanol–water partition coefficient (Wildman–Crippen LogP) is 4.42. The van der Waals surface area contributed by atoms with Crippen molar-refractivity contribution in [3.8, 4) is 0 Å². The van der Waals surface area contributed by atoms with Gasteiger partial charge in [-0.15, -0.1) is 0 Å². The summed E-state index contributed by atoms with van der Waals surface area (Å²) in [4.78, 5) is 8.94. The van der Waals surface area contributed by atoms with Crippen molar-refractivity contribution in [1.29, 1.82) is 0 Å². The van der Waals surface area contributed by atoms with E-state index in [0.717, 1.165) is 24.0 Å². The fourth-order valence-corrected chi connectivity index (χ4v) is 2.30. The maximum absolute atomic E-state index is 6.11. The second kappa shape index (κ2) is 5.66. The van der Waals surface area contributed by atoms with Gasteiger partial charge in [0.15, 0.2) is 0 Å². The Morgan fingerprint density at radius 2 is 2.05 bits per heavy atom. The van der Waals surface area contributed by atoms with Gasteiger partial charge in [0.2, 0.25) is 0 Å². The van der Waals surface area contributed by atoms with Crippen molar-refractivity contribution < 1.29 is 0 Å². The van der Waals surface area contributed by atoms with Crippen LogP contribution in [0, 0.1) is 5.92 Å². The molecule has 106 valence electrons. The number of rotatable bonds is 5. The zero-order valence-electron chi connectivity index (χ0n) is 12.3. The van der Waals surface area contributed by atoms with E-state index in [-0.39, 0.29) is 5.41 Å². The van der Waals surface area contributed by atoms with Crippen LogP contribution in [0.5, 0.6) is 0 Å². The Balaban J connectivity index is 2.11. The van der Waals surface area contributed by atoms with E-state index < -0.39 is 0 Å². The average Bonchev–Trinajstić information content (AvgIpc) is 3.10. The highest BCUT2D eigenvalue weighted by molar-refractivity contribution is 6.29. The normalized spacial score (nSPS) is 17.3. The van der Waals surface area contributed by atoms with Gasteiger partial charge < -0.3 is 5.32 Å². The summed E-state index contributed by atoms with van der Waals surface area (Å²) < 4.78 is 0. The Hall–Kier alpha value is -0.830. The van der Waals surface area contributed by atoms with Gasteiger partial charge in [-0.2, -0.15) is 0 Å². The van der Waals surface area contributed by atoms with Crippen molar-refractivity contribution in [1.82, 2.24) is 9.97 Å². The van der Waals surface area contributed by atoms with Crippen LogP contribution < -0.4 is 5.32 Å². The summed E-state index contributed by atoms with van der Waals surface area (Å²) >= 11 is 6.11. The minimum absolute atomic E-state index is 0.0838. The zero-order valence-corrected chi connectivity index (χ0v) is 13.1. The molecule has 19 heavy (non-hydrogen) atoms. The number of aromatic nitrogens is 2. The van der Waals surface area contributed by atoms with Crippen molar-refractivity contribution in [3.05, 3.63) is 17.0 Å². The lowest BCUT2D eigenvalue weighted by Gasteiger charge is -2.21. The third-order valence-corrected chi connectivity index (χ3v) is 3.72. The van der Waals surface area contributed by atoms with Gasteiger partial charge in [-0.25, -0.2) is 9.97 Å². The highest BCUT2D eigenvalue weighted by atomic mass is 35.5. The second-order valence-corrected chi connectivity index (χ2v) is 6.97. The monoisotopic (exact) mass is 281 g/mol. The first kappa shape index (κ1) is 14.6. The van der Waals surface area contributed by atoms with Crippen molar-refractivity contribution in [3.63, 3.8) is 0 Å². The molecule has 0 aliphatic heterocycles. The largest absolute Gasteiger partial charge is 0.367 e. The lowest BCUT2D eigenvalue weighted by atomic mass is 9.96. The van der Waals surface area contributed by atoms with E-state index in [1.807, 2.05) is 6.07 Å². The smallest absolute Gasteiger partial charge is 0.137 e. The molecule has 1 unspecified atom stereocenters. The first-order valence-electron chi connectivity index (χ1n) is 7.20. The number of hydrogen-bond donors (Lipinski definition) is 1. The number of halogens is 1. The van der Waals surface area contributed by atoms with E-state index in [4.69, 9.17) is 11.6 Å². The van der Waals surface area contributed by atoms with Crippen LogP contribution >= 0.6 is 11.6 Å². The Morgan fingerprint density at radius 3 is 2.58 bits per heavy atom. The number of nitrogens with one attached hydrogen (secondary N) is 1. The van der Waals surface area contributed by atoms with Crippen LogP contribution in [0.25, 0.3) is 0 Å². The van der Waals surface area contributed by atoms with Gasteiger partial charge in [-0.3, -0.25) is 0 Å². The molecule has 4 heteroatoms. The topological polar surface area (TPSA) is 37.8 Å². The third-order valence-electron chi connectivity index (χ3n) is 3.53. The molecule has 1 aliphatic carbocycles. The van der Waals surface area contributed by atoms with E-state index in [1.54, 1.807) is 0 Å². The molecule has 2 rings (SSSR count). The van der Waals surface area contributed by atoms with Gasteiger partial charge in [-0.05, 0) is 18.8 Å². The first-order chi connectivity index (χ1) is 8.88. The summed E-state index contributed by atoms with van der Waals surface area (Å²) in [5.74, 6) is 2.57. The summed E-state index contributed by atoms with van der Waals surface area (Å²) in [6.45, 7) is 8.52. The maximum Gasteiger partial charge on any atom is 0.137 e. The number of nitrogens with zero attached hydrogens (tertiary/aromatic N) is 2. The van der Waals surface area contributed by atoms with Crippen LogP contribution in [0.2, 0.25) is 5.15 Å². The number of hydrogen-bond acceptors (Lipinski definition) is 3. The predicted molar refractivity (Wildman–Crippen MR) is 80.8 cm³/mol. The average molecular weight is 282 g/mol. The van der Waals surface area contributed by atoms with E-state index in [2.05, 4.69) is 43.0 Å². The summed E-state index contributed by atoms with van der Waals surface area (Å²) in [7, 11) is 0. The maximum atomic E-state index is 6.11. The number of anilines is 1. The molecule has 0 spiro atoms. The lowest BCUT2D eigenvalue weighted by Crippen LogP contribution is -2.22. The van der Waals surface area contributed by atoms with Gasteiger partial charge in [0.05, 0.1) is 0 Å². The Bertz CT molecular complexity index is 436. The van der Waals surface area contributed by atoms with E-state index in [9.17, 15) is 0 Å². The van der Waals surface area contributed by atoms with Crippen LogP contribution in [0.15, 0.2) is 6.07 Å². The molecule has 1 aliphatic rings. The molecule has 0 saturated heterocycles. The minimum Gasteiger partial charge on any atom is -0.367 e.